The molecule has 5 nitrogen and oxygen atoms in total. The molecule has 9 aromatic carbocycles. The Kier molecular flexibility index (Phi) is 6.52. The van der Waals surface area contributed by atoms with Crippen LogP contribution in [0.25, 0.3) is 110 Å². The molecule has 0 spiro atoms. The molecule has 5 heteroatoms. The molecule has 60 heavy (non-hydrogen) atoms. The van der Waals surface area contributed by atoms with Crippen LogP contribution in [-0.2, 0) is 0 Å². The fourth-order valence-electron chi connectivity index (χ4n) is 10.1. The fourth-order valence-corrected chi connectivity index (χ4v) is 10.1. The third kappa shape index (κ3) is 4.29. The van der Waals surface area contributed by atoms with E-state index in [9.17, 15) is 6.63 Å². The zero-order valence-electron chi connectivity index (χ0n) is 33.2. The lowest BCUT2D eigenvalue weighted by Crippen LogP contribution is -2.13. The lowest BCUT2D eigenvalue weighted by Gasteiger charge is -2.25. The van der Waals surface area contributed by atoms with Gasteiger partial charge in [-0.2, -0.15) is 5.26 Å². The van der Waals surface area contributed by atoms with Gasteiger partial charge in [-0.3, -0.25) is 0 Å². The van der Waals surface area contributed by atoms with Gasteiger partial charge in [0.1, 0.15) is 11.6 Å². The third-order valence-corrected chi connectivity index (χ3v) is 12.5. The molecule has 0 bridgehead atoms. The van der Waals surface area contributed by atoms with Crippen LogP contribution in [0.2, 0.25) is 0 Å². The maximum absolute atomic E-state index is 12.2. The smallest absolute Gasteiger partial charge is 0.104 e. The number of fused-ring (bicyclic) bond motifs is 12. The van der Waals surface area contributed by atoms with Gasteiger partial charge in [-0.1, -0.05) is 146 Å². The molecule has 0 fully saturated rings. The Labute approximate surface area is 345 Å². The lowest BCUT2D eigenvalue weighted by molar-refractivity contribution is 1.03. The van der Waals surface area contributed by atoms with E-state index in [0.29, 0.717) is 34.4 Å². The van der Waals surface area contributed by atoms with Crippen LogP contribution in [0.5, 0.6) is 0 Å². The van der Waals surface area contributed by atoms with Gasteiger partial charge in [0, 0.05) is 43.1 Å². The topological polar surface area (TPSA) is 43.5 Å². The summed E-state index contributed by atoms with van der Waals surface area (Å²) in [5.41, 5.74) is 10.7. The van der Waals surface area contributed by atoms with E-state index in [1.165, 1.54) is 0 Å². The van der Waals surface area contributed by atoms with E-state index in [1.807, 2.05) is 0 Å². The van der Waals surface area contributed by atoms with E-state index in [-0.39, 0.29) is 0 Å². The van der Waals surface area contributed by atoms with E-state index >= 15 is 0 Å². The standard InChI is InChI=1S/C55H33N5/c56-34-43-54(59-48-29-13-5-21-39(48)40-22-6-14-30-49(40)59)52(57-44-25-9-1-17-35(44)36-18-2-10-26-45(36)57)33-53(58-46-27-11-3-19-37(46)38-20-4-12-28-47(38)58)55(43)60-50-31-15-7-23-41(50)42-24-8-16-32-51(42)60/h1-33H/i33D. The molecule has 278 valence electrons. The highest BCUT2D eigenvalue weighted by Crippen LogP contribution is 2.46. The molecule has 0 unspecified atom stereocenters. The highest BCUT2D eigenvalue weighted by molar-refractivity contribution is 6.15. The van der Waals surface area contributed by atoms with Gasteiger partial charge in [-0.25, -0.2) is 0 Å². The summed E-state index contributed by atoms with van der Waals surface area (Å²) < 4.78 is 20.1. The molecular formula is C55H33N5. The minimum absolute atomic E-state index is 0.297. The summed E-state index contributed by atoms with van der Waals surface area (Å²) in [4.78, 5) is 0. The van der Waals surface area contributed by atoms with Crippen molar-refractivity contribution in [3.63, 3.8) is 0 Å². The number of rotatable bonds is 4. The van der Waals surface area contributed by atoms with Crippen molar-refractivity contribution in [2.24, 2.45) is 0 Å². The van der Waals surface area contributed by atoms with Crippen molar-refractivity contribution in [3.05, 3.63) is 206 Å². The van der Waals surface area contributed by atoms with Crippen molar-refractivity contribution in [2.75, 3.05) is 0 Å². The van der Waals surface area contributed by atoms with Gasteiger partial charge in [-0.15, -0.1) is 0 Å². The normalized spacial score (nSPS) is 12.2. The zero-order chi connectivity index (χ0) is 40.3. The van der Waals surface area contributed by atoms with Gasteiger partial charge < -0.3 is 18.3 Å². The van der Waals surface area contributed by atoms with E-state index < -0.39 is 0 Å². The van der Waals surface area contributed by atoms with Crippen molar-refractivity contribution < 1.29 is 1.37 Å². The number of benzene rings is 9. The first-order valence-corrected chi connectivity index (χ1v) is 20.3. The molecule has 0 saturated heterocycles. The van der Waals surface area contributed by atoms with Crippen molar-refractivity contribution in [1.29, 1.82) is 5.26 Å². The number of hydrogen-bond donors (Lipinski definition) is 0. The maximum Gasteiger partial charge on any atom is 0.104 e. The van der Waals surface area contributed by atoms with Gasteiger partial charge in [0.05, 0.1) is 68.3 Å². The molecule has 0 N–H and O–H groups in total. The molecule has 0 aliphatic carbocycles. The highest BCUT2D eigenvalue weighted by Gasteiger charge is 2.30. The molecule has 13 rings (SSSR count). The number of nitrogens with zero attached hydrogens (tertiary/aromatic N) is 5. The monoisotopic (exact) mass is 764 g/mol. The summed E-state index contributed by atoms with van der Waals surface area (Å²) in [7, 11) is 0. The average Bonchev–Trinajstić information content (AvgIpc) is 4.04. The largest absolute Gasteiger partial charge is 0.307 e. The SMILES string of the molecule is [2H]c1c(-n2c3ccccc3c3ccccc32)c(-n2c3ccccc3c3ccccc32)c(C#N)c(-n2c3ccccc3c3ccccc32)c1-n1c2ccccc2c2ccccc21. The third-order valence-electron chi connectivity index (χ3n) is 12.5. The van der Waals surface area contributed by atoms with Crippen LogP contribution >= 0.6 is 0 Å². The summed E-state index contributed by atoms with van der Waals surface area (Å²) in [6, 6.07) is 70.6. The van der Waals surface area contributed by atoms with Gasteiger partial charge >= 0.3 is 0 Å². The first-order chi connectivity index (χ1) is 30.2. The Balaban J connectivity index is 1.37. The van der Waals surface area contributed by atoms with Crippen LogP contribution in [0.1, 0.15) is 6.93 Å². The first kappa shape index (κ1) is 31.7. The molecule has 4 heterocycles. The maximum atomic E-state index is 12.2. The summed E-state index contributed by atoms with van der Waals surface area (Å²) in [6.45, 7) is 0. The van der Waals surface area contributed by atoms with Crippen LogP contribution in [0.4, 0.5) is 0 Å². The summed E-state index contributed by atoms with van der Waals surface area (Å²) >= 11 is 0. The molecule has 0 aliphatic rings. The molecule has 0 amide bonds. The van der Waals surface area contributed by atoms with Crippen LogP contribution in [0, 0.1) is 11.3 Å². The fraction of sp³-hybridized carbons (Fsp3) is 0. The Morgan fingerprint density at radius 3 is 0.717 bits per heavy atom. The van der Waals surface area contributed by atoms with E-state index in [4.69, 9.17) is 0 Å². The summed E-state index contributed by atoms with van der Waals surface area (Å²) in [5.74, 6) is 0. The summed E-state index contributed by atoms with van der Waals surface area (Å²) in [5, 5.41) is 20.8. The summed E-state index contributed by atoms with van der Waals surface area (Å²) in [6.07, 6.45) is 0. The minimum Gasteiger partial charge on any atom is -0.307 e. The van der Waals surface area contributed by atoms with Gasteiger partial charge in [0.2, 0.25) is 0 Å². The van der Waals surface area contributed by atoms with E-state index in [0.717, 1.165) is 87.2 Å². The van der Waals surface area contributed by atoms with Crippen molar-refractivity contribution in [2.45, 2.75) is 0 Å². The second-order valence-corrected chi connectivity index (χ2v) is 15.5. The molecule has 0 saturated carbocycles. The van der Waals surface area contributed by atoms with Crippen LogP contribution in [0.15, 0.2) is 200 Å². The van der Waals surface area contributed by atoms with Gasteiger partial charge in [0.15, 0.2) is 0 Å². The second kappa shape index (κ2) is 12.3. The molecule has 4 aromatic heterocycles. The average molecular weight is 765 g/mol. The quantitative estimate of drug-likeness (QED) is 0.176. The molecule has 0 aliphatic heterocycles. The van der Waals surface area contributed by atoms with Crippen molar-refractivity contribution >= 4 is 87.2 Å². The van der Waals surface area contributed by atoms with E-state index in [1.54, 1.807) is 0 Å². The lowest BCUT2D eigenvalue weighted by atomic mass is 10.0. The van der Waals surface area contributed by atoms with Gasteiger partial charge in [0.25, 0.3) is 0 Å². The molecule has 0 radical (unpaired) electrons. The number of para-hydroxylation sites is 8. The van der Waals surface area contributed by atoms with Crippen LogP contribution in [0.3, 0.4) is 0 Å². The minimum atomic E-state index is 0.297. The predicted octanol–water partition coefficient (Wildman–Crippen LogP) is 13.9. The number of nitriles is 1. The second-order valence-electron chi connectivity index (χ2n) is 15.5. The van der Waals surface area contributed by atoms with E-state index in [2.05, 4.69) is 218 Å². The number of aromatic nitrogens is 4. The number of hydrogen-bond acceptors (Lipinski definition) is 1. The first-order valence-electron chi connectivity index (χ1n) is 20.8. The zero-order valence-corrected chi connectivity index (χ0v) is 32.2. The Bertz CT molecular complexity index is 3570. The van der Waals surface area contributed by atoms with Crippen LogP contribution in [-0.4, -0.2) is 18.3 Å². The van der Waals surface area contributed by atoms with Crippen molar-refractivity contribution in [1.82, 2.24) is 18.3 Å². The van der Waals surface area contributed by atoms with Crippen molar-refractivity contribution in [3.8, 4) is 28.8 Å². The molecular weight excluding hydrogens is 731 g/mol. The predicted molar refractivity (Wildman–Crippen MR) is 249 cm³/mol. The highest BCUT2D eigenvalue weighted by atomic mass is 15.1. The Morgan fingerprint density at radius 1 is 0.300 bits per heavy atom. The van der Waals surface area contributed by atoms with Gasteiger partial charge in [-0.05, 0) is 54.6 Å². The van der Waals surface area contributed by atoms with Crippen LogP contribution < -0.4 is 0 Å². The molecule has 0 atom stereocenters. The molecule has 13 aromatic rings. The Hall–Kier alpha value is -8.33. The Morgan fingerprint density at radius 2 is 0.500 bits per heavy atom.